The molecule has 108 valence electrons. The first-order chi connectivity index (χ1) is 8.50. The standard InChI is InChI=1S/C12H17F3N2O2/c1-6-19-10(18)8-7(2)16-17(11(3,4)5)9(8)12(13,14)15/h6H2,1-5H3. The van der Waals surface area contributed by atoms with E-state index < -0.39 is 28.9 Å². The molecule has 1 aromatic heterocycles. The number of aromatic nitrogens is 2. The molecule has 0 saturated heterocycles. The highest BCUT2D eigenvalue weighted by atomic mass is 19.4. The number of halogens is 3. The number of nitrogens with zero attached hydrogens (tertiary/aromatic N) is 2. The Labute approximate surface area is 109 Å². The van der Waals surface area contributed by atoms with Gasteiger partial charge in [-0.05, 0) is 34.6 Å². The van der Waals surface area contributed by atoms with Crippen LogP contribution in [0.15, 0.2) is 0 Å². The summed E-state index contributed by atoms with van der Waals surface area (Å²) in [6.07, 6.45) is -4.67. The Balaban J connectivity index is 3.56. The minimum absolute atomic E-state index is 0.0102. The molecular formula is C12H17F3N2O2. The molecule has 1 rings (SSSR count). The third-order valence-electron chi connectivity index (χ3n) is 2.44. The molecule has 0 amide bonds. The molecule has 1 aromatic rings. The molecule has 0 saturated carbocycles. The largest absolute Gasteiger partial charge is 0.462 e. The summed E-state index contributed by atoms with van der Waals surface area (Å²) in [5.41, 5.74) is -2.44. The maximum absolute atomic E-state index is 13.2. The third-order valence-corrected chi connectivity index (χ3v) is 2.44. The Hall–Kier alpha value is -1.53. The van der Waals surface area contributed by atoms with Crippen molar-refractivity contribution in [3.63, 3.8) is 0 Å². The molecule has 0 radical (unpaired) electrons. The Morgan fingerprint density at radius 1 is 1.32 bits per heavy atom. The van der Waals surface area contributed by atoms with Crippen molar-refractivity contribution in [3.8, 4) is 0 Å². The van der Waals surface area contributed by atoms with E-state index in [1.54, 1.807) is 20.8 Å². The summed E-state index contributed by atoms with van der Waals surface area (Å²) < 4.78 is 45.1. The fraction of sp³-hybridized carbons (Fsp3) is 0.667. The Bertz CT molecular complexity index is 484. The highest BCUT2D eigenvalue weighted by Crippen LogP contribution is 2.36. The molecule has 7 heteroatoms. The number of aryl methyl sites for hydroxylation is 1. The van der Waals surface area contributed by atoms with Crippen molar-refractivity contribution in [1.82, 2.24) is 9.78 Å². The van der Waals surface area contributed by atoms with Gasteiger partial charge in [0.05, 0.1) is 17.8 Å². The Morgan fingerprint density at radius 2 is 1.84 bits per heavy atom. The van der Waals surface area contributed by atoms with Gasteiger partial charge in [0, 0.05) is 0 Å². The number of hydrogen-bond acceptors (Lipinski definition) is 3. The maximum atomic E-state index is 13.2. The molecule has 0 aliphatic heterocycles. The highest BCUT2D eigenvalue weighted by molar-refractivity contribution is 5.92. The van der Waals surface area contributed by atoms with Gasteiger partial charge in [-0.15, -0.1) is 0 Å². The number of esters is 1. The zero-order valence-electron chi connectivity index (χ0n) is 11.6. The summed E-state index contributed by atoms with van der Waals surface area (Å²) in [5, 5.41) is 3.85. The summed E-state index contributed by atoms with van der Waals surface area (Å²) in [6, 6.07) is 0. The fourth-order valence-corrected chi connectivity index (χ4v) is 1.72. The predicted octanol–water partition coefficient (Wildman–Crippen LogP) is 3.14. The minimum atomic E-state index is -4.67. The Kier molecular flexibility index (Phi) is 3.97. The lowest BCUT2D eigenvalue weighted by Gasteiger charge is -2.23. The van der Waals surface area contributed by atoms with Crippen LogP contribution in [0.2, 0.25) is 0 Å². The molecule has 0 aromatic carbocycles. The number of hydrogen-bond donors (Lipinski definition) is 0. The van der Waals surface area contributed by atoms with E-state index in [9.17, 15) is 18.0 Å². The van der Waals surface area contributed by atoms with Crippen LogP contribution in [0, 0.1) is 6.92 Å². The van der Waals surface area contributed by atoms with E-state index in [1.165, 1.54) is 13.8 Å². The minimum Gasteiger partial charge on any atom is -0.462 e. The normalized spacial score (nSPS) is 12.6. The molecule has 19 heavy (non-hydrogen) atoms. The van der Waals surface area contributed by atoms with Crippen LogP contribution in [0.3, 0.4) is 0 Å². The predicted molar refractivity (Wildman–Crippen MR) is 62.9 cm³/mol. The van der Waals surface area contributed by atoms with E-state index in [4.69, 9.17) is 0 Å². The van der Waals surface area contributed by atoms with Crippen LogP contribution in [0.25, 0.3) is 0 Å². The second kappa shape index (κ2) is 4.86. The monoisotopic (exact) mass is 278 g/mol. The summed E-state index contributed by atoms with van der Waals surface area (Å²) >= 11 is 0. The molecule has 0 fully saturated rings. The molecule has 0 aliphatic rings. The van der Waals surface area contributed by atoms with Crippen LogP contribution in [0.1, 0.15) is 49.4 Å². The zero-order chi connectivity index (χ0) is 15.0. The SMILES string of the molecule is CCOC(=O)c1c(C)nn(C(C)(C)C)c1C(F)(F)F. The van der Waals surface area contributed by atoms with Gasteiger partial charge in [-0.3, -0.25) is 4.68 Å². The molecule has 4 nitrogen and oxygen atoms in total. The fourth-order valence-electron chi connectivity index (χ4n) is 1.72. The first-order valence-corrected chi connectivity index (χ1v) is 5.84. The van der Waals surface area contributed by atoms with Crippen molar-refractivity contribution >= 4 is 5.97 Å². The van der Waals surface area contributed by atoms with E-state index in [-0.39, 0.29) is 12.3 Å². The number of carbonyl (C=O) groups excluding carboxylic acids is 1. The van der Waals surface area contributed by atoms with Gasteiger partial charge < -0.3 is 4.74 Å². The molecule has 0 aliphatic carbocycles. The molecule has 0 spiro atoms. The van der Waals surface area contributed by atoms with E-state index >= 15 is 0 Å². The molecule has 0 unspecified atom stereocenters. The van der Waals surface area contributed by atoms with E-state index in [0.717, 1.165) is 4.68 Å². The summed E-state index contributed by atoms with van der Waals surface area (Å²) in [6.45, 7) is 7.67. The average Bonchev–Trinajstić information content (AvgIpc) is 2.55. The number of rotatable bonds is 2. The van der Waals surface area contributed by atoms with Crippen LogP contribution in [-0.4, -0.2) is 22.4 Å². The van der Waals surface area contributed by atoms with Gasteiger partial charge in [0.15, 0.2) is 5.69 Å². The first-order valence-electron chi connectivity index (χ1n) is 5.84. The second-order valence-corrected chi connectivity index (χ2v) is 5.11. The van der Waals surface area contributed by atoms with E-state index in [2.05, 4.69) is 9.84 Å². The lowest BCUT2D eigenvalue weighted by molar-refractivity contribution is -0.146. The van der Waals surface area contributed by atoms with Crippen LogP contribution in [-0.2, 0) is 16.5 Å². The molecular weight excluding hydrogens is 261 g/mol. The van der Waals surface area contributed by atoms with Crippen LogP contribution in [0.5, 0.6) is 0 Å². The van der Waals surface area contributed by atoms with Crippen LogP contribution in [0.4, 0.5) is 13.2 Å². The van der Waals surface area contributed by atoms with Crippen LogP contribution < -0.4 is 0 Å². The lowest BCUT2D eigenvalue weighted by Crippen LogP contribution is -2.30. The van der Waals surface area contributed by atoms with Gasteiger partial charge in [0.25, 0.3) is 0 Å². The first kappa shape index (κ1) is 15.5. The van der Waals surface area contributed by atoms with Crippen molar-refractivity contribution in [2.24, 2.45) is 0 Å². The summed E-state index contributed by atoms with van der Waals surface area (Å²) in [5.74, 6) is -0.997. The number of carbonyl (C=O) groups is 1. The van der Waals surface area contributed by atoms with Gasteiger partial charge >= 0.3 is 12.1 Å². The van der Waals surface area contributed by atoms with Gasteiger partial charge in [-0.25, -0.2) is 4.79 Å². The smallest absolute Gasteiger partial charge is 0.433 e. The lowest BCUT2D eigenvalue weighted by atomic mass is 10.1. The average molecular weight is 278 g/mol. The quantitative estimate of drug-likeness (QED) is 0.781. The molecule has 0 bridgehead atoms. The van der Waals surface area contributed by atoms with Crippen molar-refractivity contribution in [1.29, 1.82) is 0 Å². The number of ether oxygens (including phenoxy) is 1. The van der Waals surface area contributed by atoms with Crippen LogP contribution >= 0.6 is 0 Å². The number of alkyl halides is 3. The third kappa shape index (κ3) is 3.08. The van der Waals surface area contributed by atoms with Gasteiger partial charge in [-0.2, -0.15) is 18.3 Å². The zero-order valence-corrected chi connectivity index (χ0v) is 11.6. The second-order valence-electron chi connectivity index (χ2n) is 5.11. The van der Waals surface area contributed by atoms with E-state index in [0.29, 0.717) is 0 Å². The van der Waals surface area contributed by atoms with Crippen molar-refractivity contribution in [2.75, 3.05) is 6.61 Å². The van der Waals surface area contributed by atoms with Gasteiger partial charge in [-0.1, -0.05) is 0 Å². The van der Waals surface area contributed by atoms with Crippen molar-refractivity contribution in [3.05, 3.63) is 17.0 Å². The van der Waals surface area contributed by atoms with Gasteiger partial charge in [0.2, 0.25) is 0 Å². The molecule has 1 heterocycles. The van der Waals surface area contributed by atoms with E-state index in [1.807, 2.05) is 0 Å². The molecule has 0 atom stereocenters. The highest BCUT2D eigenvalue weighted by Gasteiger charge is 2.44. The summed E-state index contributed by atoms with van der Waals surface area (Å²) in [7, 11) is 0. The Morgan fingerprint density at radius 3 is 2.21 bits per heavy atom. The van der Waals surface area contributed by atoms with Gasteiger partial charge in [0.1, 0.15) is 5.56 Å². The topological polar surface area (TPSA) is 44.1 Å². The van der Waals surface area contributed by atoms with Crippen molar-refractivity contribution < 1.29 is 22.7 Å². The molecule has 0 N–H and O–H groups in total. The van der Waals surface area contributed by atoms with Crippen molar-refractivity contribution in [2.45, 2.75) is 46.3 Å². The summed E-state index contributed by atoms with van der Waals surface area (Å²) in [4.78, 5) is 11.7. The maximum Gasteiger partial charge on any atom is 0.433 e.